The molecule has 0 aromatic heterocycles. The van der Waals surface area contributed by atoms with Gasteiger partial charge >= 0.3 is 0 Å². The van der Waals surface area contributed by atoms with Gasteiger partial charge < -0.3 is 0 Å². The Kier molecular flexibility index (Phi) is 3.15. The molecule has 0 amide bonds. The van der Waals surface area contributed by atoms with Crippen molar-refractivity contribution in [1.29, 1.82) is 0 Å². The Labute approximate surface area is 95.3 Å². The minimum atomic E-state index is 0.393. The van der Waals surface area contributed by atoms with Crippen molar-refractivity contribution < 1.29 is 4.79 Å². The predicted octanol–water partition coefficient (Wildman–Crippen LogP) is 3.37. The van der Waals surface area contributed by atoms with E-state index in [1.807, 2.05) is 0 Å². The molecule has 1 aliphatic rings. The Morgan fingerprint density at radius 3 is 2.67 bits per heavy atom. The van der Waals surface area contributed by atoms with E-state index >= 15 is 0 Å². The number of hydrogen-bond acceptors (Lipinski definition) is 2. The van der Waals surface area contributed by atoms with Crippen molar-refractivity contribution in [3.63, 3.8) is 0 Å². The van der Waals surface area contributed by atoms with Gasteiger partial charge in [0.15, 0.2) is 0 Å². The van der Waals surface area contributed by atoms with Crippen molar-refractivity contribution in [1.82, 2.24) is 0 Å². The molecule has 2 heteroatoms. The van der Waals surface area contributed by atoms with Gasteiger partial charge in [0.25, 0.3) is 0 Å². The SMILES string of the molecule is Cc1ccc(SCC(=O)C2CC2)cc1C. The third-order valence-corrected chi connectivity index (χ3v) is 3.91. The van der Waals surface area contributed by atoms with E-state index in [0.717, 1.165) is 12.8 Å². The fourth-order valence-electron chi connectivity index (χ4n) is 1.48. The summed E-state index contributed by atoms with van der Waals surface area (Å²) in [5.74, 6) is 1.47. The zero-order chi connectivity index (χ0) is 10.8. The third-order valence-electron chi connectivity index (χ3n) is 2.89. The summed E-state index contributed by atoms with van der Waals surface area (Å²) in [5, 5.41) is 0. The summed E-state index contributed by atoms with van der Waals surface area (Å²) < 4.78 is 0. The lowest BCUT2D eigenvalue weighted by Gasteiger charge is -2.04. The van der Waals surface area contributed by atoms with Crippen molar-refractivity contribution >= 4 is 17.5 Å². The van der Waals surface area contributed by atoms with Gasteiger partial charge in [-0.05, 0) is 49.9 Å². The van der Waals surface area contributed by atoms with Crippen molar-refractivity contribution in [2.45, 2.75) is 31.6 Å². The molecule has 0 saturated heterocycles. The number of aryl methyl sites for hydroxylation is 2. The minimum Gasteiger partial charge on any atom is -0.298 e. The van der Waals surface area contributed by atoms with E-state index in [1.165, 1.54) is 16.0 Å². The van der Waals surface area contributed by atoms with Gasteiger partial charge in [-0.1, -0.05) is 6.07 Å². The molecule has 0 atom stereocenters. The number of carbonyl (C=O) groups excluding carboxylic acids is 1. The fraction of sp³-hybridized carbons (Fsp3) is 0.462. The molecular weight excluding hydrogens is 204 g/mol. The first-order valence-corrected chi connectivity index (χ1v) is 6.38. The van der Waals surface area contributed by atoms with Gasteiger partial charge in [-0.2, -0.15) is 0 Å². The smallest absolute Gasteiger partial charge is 0.146 e. The van der Waals surface area contributed by atoms with Gasteiger partial charge in [-0.25, -0.2) is 0 Å². The fourth-order valence-corrected chi connectivity index (χ4v) is 2.45. The summed E-state index contributed by atoms with van der Waals surface area (Å²) in [6.45, 7) is 4.22. The number of Topliss-reactive ketones (excluding diaryl/α,β-unsaturated/α-hetero) is 1. The molecule has 0 bridgehead atoms. The molecule has 0 spiro atoms. The van der Waals surface area contributed by atoms with E-state index in [9.17, 15) is 4.79 Å². The standard InChI is InChI=1S/C13H16OS/c1-9-3-6-12(7-10(9)2)15-8-13(14)11-4-5-11/h3,6-7,11H,4-5,8H2,1-2H3. The average Bonchev–Trinajstić information content (AvgIpc) is 3.03. The summed E-state index contributed by atoms with van der Waals surface area (Å²) in [6, 6.07) is 6.40. The number of thioether (sulfide) groups is 1. The van der Waals surface area contributed by atoms with Crippen LogP contribution in [0, 0.1) is 19.8 Å². The molecule has 2 rings (SSSR count). The quantitative estimate of drug-likeness (QED) is 0.724. The maximum absolute atomic E-state index is 11.5. The normalized spacial score (nSPS) is 15.3. The summed E-state index contributed by atoms with van der Waals surface area (Å²) >= 11 is 1.67. The highest BCUT2D eigenvalue weighted by Crippen LogP contribution is 2.32. The van der Waals surface area contributed by atoms with Crippen LogP contribution in [0.3, 0.4) is 0 Å². The number of benzene rings is 1. The van der Waals surface area contributed by atoms with Gasteiger partial charge in [0.2, 0.25) is 0 Å². The van der Waals surface area contributed by atoms with Crippen molar-refractivity contribution in [2.24, 2.45) is 5.92 Å². The van der Waals surface area contributed by atoms with Crippen LogP contribution in [-0.2, 0) is 4.79 Å². The van der Waals surface area contributed by atoms with Crippen LogP contribution in [0.4, 0.5) is 0 Å². The lowest BCUT2D eigenvalue weighted by atomic mass is 10.1. The highest BCUT2D eigenvalue weighted by Gasteiger charge is 2.28. The number of hydrogen-bond donors (Lipinski definition) is 0. The Bertz CT molecular complexity index is 380. The molecule has 15 heavy (non-hydrogen) atoms. The number of carbonyl (C=O) groups is 1. The van der Waals surface area contributed by atoms with Crippen LogP contribution in [-0.4, -0.2) is 11.5 Å². The first kappa shape index (κ1) is 10.7. The molecule has 0 radical (unpaired) electrons. The summed E-state index contributed by atoms with van der Waals surface area (Å²) in [5.41, 5.74) is 2.62. The summed E-state index contributed by atoms with van der Waals surface area (Å²) in [7, 11) is 0. The number of ketones is 1. The zero-order valence-electron chi connectivity index (χ0n) is 9.25. The molecule has 0 heterocycles. The molecule has 80 valence electrons. The van der Waals surface area contributed by atoms with Crippen LogP contribution in [0.25, 0.3) is 0 Å². The van der Waals surface area contributed by atoms with Gasteiger partial charge in [-0.15, -0.1) is 11.8 Å². The van der Waals surface area contributed by atoms with E-state index in [4.69, 9.17) is 0 Å². The van der Waals surface area contributed by atoms with E-state index in [0.29, 0.717) is 17.5 Å². The van der Waals surface area contributed by atoms with E-state index in [1.54, 1.807) is 11.8 Å². The largest absolute Gasteiger partial charge is 0.298 e. The van der Waals surface area contributed by atoms with Crippen LogP contribution >= 0.6 is 11.8 Å². The predicted molar refractivity (Wildman–Crippen MR) is 64.4 cm³/mol. The third kappa shape index (κ3) is 2.85. The molecule has 0 aliphatic heterocycles. The highest BCUT2D eigenvalue weighted by atomic mass is 32.2. The molecule has 0 N–H and O–H groups in total. The monoisotopic (exact) mass is 220 g/mol. The molecule has 1 aromatic carbocycles. The molecule has 1 nitrogen and oxygen atoms in total. The van der Waals surface area contributed by atoms with Crippen LogP contribution in [0.15, 0.2) is 23.1 Å². The molecule has 0 unspecified atom stereocenters. The van der Waals surface area contributed by atoms with E-state index in [-0.39, 0.29) is 0 Å². The van der Waals surface area contributed by atoms with Crippen LogP contribution in [0.2, 0.25) is 0 Å². The zero-order valence-corrected chi connectivity index (χ0v) is 10.1. The van der Waals surface area contributed by atoms with Gasteiger partial charge in [0, 0.05) is 10.8 Å². The molecule has 1 fully saturated rings. The maximum Gasteiger partial charge on any atom is 0.146 e. The second-order valence-electron chi connectivity index (χ2n) is 4.28. The molecule has 1 aromatic rings. The van der Waals surface area contributed by atoms with Crippen molar-refractivity contribution in [2.75, 3.05) is 5.75 Å². The van der Waals surface area contributed by atoms with Crippen LogP contribution in [0.5, 0.6) is 0 Å². The second-order valence-corrected chi connectivity index (χ2v) is 5.32. The van der Waals surface area contributed by atoms with Gasteiger partial charge in [0.1, 0.15) is 5.78 Å². The lowest BCUT2D eigenvalue weighted by molar-refractivity contribution is -0.117. The van der Waals surface area contributed by atoms with Gasteiger partial charge in [-0.3, -0.25) is 4.79 Å². The second kappa shape index (κ2) is 4.40. The van der Waals surface area contributed by atoms with E-state index in [2.05, 4.69) is 32.0 Å². The molecule has 1 aliphatic carbocycles. The van der Waals surface area contributed by atoms with Crippen LogP contribution in [0.1, 0.15) is 24.0 Å². The molecular formula is C13H16OS. The first-order valence-electron chi connectivity index (χ1n) is 5.39. The van der Waals surface area contributed by atoms with Crippen LogP contribution < -0.4 is 0 Å². The van der Waals surface area contributed by atoms with E-state index < -0.39 is 0 Å². The first-order chi connectivity index (χ1) is 7.16. The maximum atomic E-state index is 11.5. The Balaban J connectivity index is 1.92. The topological polar surface area (TPSA) is 17.1 Å². The van der Waals surface area contributed by atoms with Gasteiger partial charge in [0.05, 0.1) is 5.75 Å². The Morgan fingerprint density at radius 2 is 2.07 bits per heavy atom. The Morgan fingerprint density at radius 1 is 1.33 bits per heavy atom. The number of rotatable bonds is 4. The minimum absolute atomic E-state index is 0.393. The Hall–Kier alpha value is -0.760. The van der Waals surface area contributed by atoms with Crippen molar-refractivity contribution in [3.8, 4) is 0 Å². The summed E-state index contributed by atoms with van der Waals surface area (Å²) in [6.07, 6.45) is 2.23. The summed E-state index contributed by atoms with van der Waals surface area (Å²) in [4.78, 5) is 12.7. The highest BCUT2D eigenvalue weighted by molar-refractivity contribution is 8.00. The lowest BCUT2D eigenvalue weighted by Crippen LogP contribution is -2.03. The van der Waals surface area contributed by atoms with Crippen molar-refractivity contribution in [3.05, 3.63) is 29.3 Å². The molecule has 1 saturated carbocycles. The average molecular weight is 220 g/mol.